The van der Waals surface area contributed by atoms with Crippen molar-refractivity contribution in [3.63, 3.8) is 0 Å². The molecular formula is C16H18ClNO2S. The lowest BCUT2D eigenvalue weighted by molar-refractivity contribution is 0.560. The van der Waals surface area contributed by atoms with E-state index in [0.717, 1.165) is 11.1 Å². The SMILES string of the molecule is O=S(=O)(Cc1ccccc1)NC(CCl)Cc1ccccc1. The average Bonchev–Trinajstić information content (AvgIpc) is 2.48. The van der Waals surface area contributed by atoms with Crippen molar-refractivity contribution in [1.29, 1.82) is 0 Å². The van der Waals surface area contributed by atoms with Crippen LogP contribution in [-0.4, -0.2) is 20.3 Å². The Bertz CT molecular complexity index is 644. The van der Waals surface area contributed by atoms with Gasteiger partial charge in [-0.15, -0.1) is 11.6 Å². The summed E-state index contributed by atoms with van der Waals surface area (Å²) in [7, 11) is -3.40. The molecule has 0 saturated heterocycles. The van der Waals surface area contributed by atoms with Gasteiger partial charge in [0.1, 0.15) is 0 Å². The summed E-state index contributed by atoms with van der Waals surface area (Å²) in [6, 6.07) is 18.5. The topological polar surface area (TPSA) is 46.2 Å². The number of nitrogens with one attached hydrogen (secondary N) is 1. The molecule has 0 bridgehead atoms. The first-order valence-corrected chi connectivity index (χ1v) is 8.91. The molecule has 2 aromatic carbocycles. The standard InChI is InChI=1S/C16H18ClNO2S/c17-12-16(11-14-7-3-1-4-8-14)18-21(19,20)13-15-9-5-2-6-10-15/h1-10,16,18H,11-13H2. The second-order valence-corrected chi connectivity index (χ2v) is 6.97. The summed E-state index contributed by atoms with van der Waals surface area (Å²) in [5, 5.41) is 0. The molecule has 5 heteroatoms. The van der Waals surface area contributed by atoms with Crippen LogP contribution < -0.4 is 4.72 Å². The van der Waals surface area contributed by atoms with Crippen LogP contribution in [-0.2, 0) is 22.2 Å². The Morgan fingerprint density at radius 1 is 0.905 bits per heavy atom. The van der Waals surface area contributed by atoms with Crippen molar-refractivity contribution in [2.45, 2.75) is 18.2 Å². The molecule has 112 valence electrons. The van der Waals surface area contributed by atoms with Crippen LogP contribution in [0.15, 0.2) is 60.7 Å². The van der Waals surface area contributed by atoms with E-state index in [0.29, 0.717) is 6.42 Å². The molecule has 0 amide bonds. The molecule has 2 rings (SSSR count). The van der Waals surface area contributed by atoms with E-state index in [2.05, 4.69) is 4.72 Å². The molecule has 21 heavy (non-hydrogen) atoms. The van der Waals surface area contributed by atoms with Crippen LogP contribution in [0.1, 0.15) is 11.1 Å². The maximum atomic E-state index is 12.2. The van der Waals surface area contributed by atoms with Crippen molar-refractivity contribution in [2.75, 3.05) is 5.88 Å². The van der Waals surface area contributed by atoms with Crippen molar-refractivity contribution in [2.24, 2.45) is 0 Å². The van der Waals surface area contributed by atoms with Gasteiger partial charge in [0.2, 0.25) is 10.0 Å². The van der Waals surface area contributed by atoms with Gasteiger partial charge in [0, 0.05) is 11.9 Å². The zero-order valence-electron chi connectivity index (χ0n) is 11.6. The Morgan fingerprint density at radius 3 is 1.95 bits per heavy atom. The summed E-state index contributed by atoms with van der Waals surface area (Å²) in [4.78, 5) is 0. The highest BCUT2D eigenvalue weighted by Crippen LogP contribution is 2.09. The summed E-state index contributed by atoms with van der Waals surface area (Å²) >= 11 is 5.90. The molecule has 1 atom stereocenters. The number of hydrogen-bond donors (Lipinski definition) is 1. The van der Waals surface area contributed by atoms with Crippen molar-refractivity contribution >= 4 is 21.6 Å². The summed E-state index contributed by atoms with van der Waals surface area (Å²) in [5.41, 5.74) is 1.82. The number of halogens is 1. The van der Waals surface area contributed by atoms with Crippen LogP contribution in [0.25, 0.3) is 0 Å². The molecule has 0 spiro atoms. The maximum Gasteiger partial charge on any atom is 0.216 e. The van der Waals surface area contributed by atoms with E-state index in [1.165, 1.54) is 0 Å². The normalized spacial score (nSPS) is 13.0. The van der Waals surface area contributed by atoms with E-state index in [4.69, 9.17) is 11.6 Å². The predicted octanol–water partition coefficient (Wildman–Crippen LogP) is 2.96. The summed E-state index contributed by atoms with van der Waals surface area (Å²) < 4.78 is 27.1. The maximum absolute atomic E-state index is 12.2. The lowest BCUT2D eigenvalue weighted by Crippen LogP contribution is -2.38. The van der Waals surface area contributed by atoms with Gasteiger partial charge in [0.15, 0.2) is 0 Å². The number of benzene rings is 2. The highest BCUT2D eigenvalue weighted by Gasteiger charge is 2.18. The zero-order valence-corrected chi connectivity index (χ0v) is 13.1. The van der Waals surface area contributed by atoms with Crippen LogP contribution in [0.2, 0.25) is 0 Å². The number of alkyl halides is 1. The molecule has 2 aromatic rings. The number of sulfonamides is 1. The Labute approximate surface area is 131 Å². The van der Waals surface area contributed by atoms with Crippen molar-refractivity contribution < 1.29 is 8.42 Å². The summed E-state index contributed by atoms with van der Waals surface area (Å²) in [5.74, 6) is 0.207. The first kappa shape index (κ1) is 16.0. The molecule has 0 fully saturated rings. The summed E-state index contributed by atoms with van der Waals surface area (Å²) in [6.45, 7) is 0. The van der Waals surface area contributed by atoms with E-state index in [1.807, 2.05) is 48.5 Å². The highest BCUT2D eigenvalue weighted by atomic mass is 35.5. The third-order valence-electron chi connectivity index (χ3n) is 3.06. The molecule has 1 unspecified atom stereocenters. The quantitative estimate of drug-likeness (QED) is 0.796. The minimum atomic E-state index is -3.40. The lowest BCUT2D eigenvalue weighted by Gasteiger charge is -2.16. The van der Waals surface area contributed by atoms with E-state index in [9.17, 15) is 8.42 Å². The molecule has 0 radical (unpaired) electrons. The molecule has 0 saturated carbocycles. The number of rotatable bonds is 7. The fourth-order valence-electron chi connectivity index (χ4n) is 2.12. The van der Waals surface area contributed by atoms with Crippen molar-refractivity contribution in [3.05, 3.63) is 71.8 Å². The van der Waals surface area contributed by atoms with Gasteiger partial charge in [0.25, 0.3) is 0 Å². The third kappa shape index (κ3) is 5.50. The van der Waals surface area contributed by atoms with E-state index < -0.39 is 10.0 Å². The van der Waals surface area contributed by atoms with Gasteiger partial charge in [0.05, 0.1) is 5.75 Å². The van der Waals surface area contributed by atoms with Crippen molar-refractivity contribution in [3.8, 4) is 0 Å². The Kier molecular flexibility index (Phi) is 5.79. The van der Waals surface area contributed by atoms with Crippen LogP contribution in [0.5, 0.6) is 0 Å². The van der Waals surface area contributed by atoms with Crippen LogP contribution >= 0.6 is 11.6 Å². The fraction of sp³-hybridized carbons (Fsp3) is 0.250. The molecule has 1 N–H and O–H groups in total. The zero-order chi connectivity index (χ0) is 15.1. The Morgan fingerprint density at radius 2 is 1.43 bits per heavy atom. The van der Waals surface area contributed by atoms with Gasteiger partial charge >= 0.3 is 0 Å². The van der Waals surface area contributed by atoms with E-state index in [1.54, 1.807) is 12.1 Å². The molecule has 0 aliphatic heterocycles. The molecule has 0 heterocycles. The van der Waals surface area contributed by atoms with Gasteiger partial charge in [-0.05, 0) is 17.5 Å². The first-order valence-electron chi connectivity index (χ1n) is 6.73. The van der Waals surface area contributed by atoms with Gasteiger partial charge in [-0.25, -0.2) is 13.1 Å². The predicted molar refractivity (Wildman–Crippen MR) is 86.9 cm³/mol. The van der Waals surface area contributed by atoms with Crippen LogP contribution in [0, 0.1) is 0 Å². The largest absolute Gasteiger partial charge is 0.216 e. The molecular weight excluding hydrogens is 306 g/mol. The minimum Gasteiger partial charge on any atom is -0.212 e. The van der Waals surface area contributed by atoms with Gasteiger partial charge in [-0.2, -0.15) is 0 Å². The number of hydrogen-bond acceptors (Lipinski definition) is 2. The first-order chi connectivity index (χ1) is 10.1. The third-order valence-corrected chi connectivity index (χ3v) is 4.84. The Hall–Kier alpha value is -1.36. The minimum absolute atomic E-state index is 0.0317. The average molecular weight is 324 g/mol. The molecule has 0 aliphatic carbocycles. The summed E-state index contributed by atoms with van der Waals surface area (Å²) in [6.07, 6.45) is 0.582. The Balaban J connectivity index is 2.00. The lowest BCUT2D eigenvalue weighted by atomic mass is 10.1. The monoisotopic (exact) mass is 323 g/mol. The fourth-order valence-corrected chi connectivity index (χ4v) is 3.78. The smallest absolute Gasteiger partial charge is 0.212 e. The second-order valence-electron chi connectivity index (χ2n) is 4.90. The van der Waals surface area contributed by atoms with Crippen molar-refractivity contribution in [1.82, 2.24) is 4.72 Å². The highest BCUT2D eigenvalue weighted by molar-refractivity contribution is 7.88. The molecule has 0 aliphatic rings. The molecule has 3 nitrogen and oxygen atoms in total. The van der Waals surface area contributed by atoms with E-state index >= 15 is 0 Å². The second kappa shape index (κ2) is 7.59. The van der Waals surface area contributed by atoms with Gasteiger partial charge in [-0.3, -0.25) is 0 Å². The van der Waals surface area contributed by atoms with Gasteiger partial charge < -0.3 is 0 Å². The van der Waals surface area contributed by atoms with Gasteiger partial charge in [-0.1, -0.05) is 60.7 Å². The van der Waals surface area contributed by atoms with Crippen LogP contribution in [0.4, 0.5) is 0 Å². The van der Waals surface area contributed by atoms with Crippen LogP contribution in [0.3, 0.4) is 0 Å². The van der Waals surface area contributed by atoms with E-state index in [-0.39, 0.29) is 17.7 Å². The molecule has 0 aromatic heterocycles.